The molecule has 3 heterocycles. The van der Waals surface area contributed by atoms with Crippen molar-refractivity contribution in [2.45, 2.75) is 49.6 Å². The third kappa shape index (κ3) is 5.92. The smallest absolute Gasteiger partial charge is 0.339 e. The van der Waals surface area contributed by atoms with Crippen molar-refractivity contribution >= 4 is 16.6 Å². The number of piperidine rings is 1. The Hall–Kier alpha value is -2.31. The molecule has 1 aliphatic carbocycles. The van der Waals surface area contributed by atoms with Crippen LogP contribution in [0.4, 0.5) is 18.0 Å². The van der Waals surface area contributed by atoms with Crippen LogP contribution in [0.3, 0.4) is 0 Å². The average Bonchev–Trinajstić information content (AvgIpc) is 3.54. The number of likely N-dealkylation sites (tertiary alicyclic amines) is 1. The lowest BCUT2D eigenvalue weighted by molar-refractivity contribution is -0.127. The second-order valence-corrected chi connectivity index (χ2v) is 12.2. The third-order valence-corrected chi connectivity index (χ3v) is 8.65. The van der Waals surface area contributed by atoms with Gasteiger partial charge in [0.25, 0.3) is 0 Å². The molecule has 3 aliphatic rings. The van der Waals surface area contributed by atoms with Crippen LogP contribution in [0.15, 0.2) is 28.8 Å². The van der Waals surface area contributed by atoms with Gasteiger partial charge in [-0.1, -0.05) is 29.4 Å². The van der Waals surface area contributed by atoms with Gasteiger partial charge in [-0.2, -0.15) is 28.7 Å². The molecule has 2 atom stereocenters. The highest BCUT2D eigenvalue weighted by atomic mass is 32.3. The highest BCUT2D eigenvalue weighted by molar-refractivity contribution is 8.24. The number of benzene rings is 1. The maximum Gasteiger partial charge on any atom is 0.393 e. The van der Waals surface area contributed by atoms with Gasteiger partial charge in [0, 0.05) is 38.0 Å². The van der Waals surface area contributed by atoms with Crippen molar-refractivity contribution in [2.24, 2.45) is 0 Å². The molecule has 2 aliphatic heterocycles. The van der Waals surface area contributed by atoms with E-state index in [1.54, 1.807) is 21.9 Å². The van der Waals surface area contributed by atoms with Crippen molar-refractivity contribution in [3.63, 3.8) is 0 Å². The van der Waals surface area contributed by atoms with E-state index in [9.17, 15) is 27.1 Å². The average molecular weight is 515 g/mol. The number of amides is 2. The van der Waals surface area contributed by atoms with E-state index in [1.807, 2.05) is 0 Å². The van der Waals surface area contributed by atoms with Gasteiger partial charge < -0.3 is 14.3 Å². The first-order valence-electron chi connectivity index (χ1n) is 11.8. The molecule has 0 bridgehead atoms. The Morgan fingerprint density at radius 3 is 2.31 bits per heavy atom. The summed E-state index contributed by atoms with van der Waals surface area (Å²) in [4.78, 5) is 21.3. The molecule has 1 saturated carbocycles. The van der Waals surface area contributed by atoms with Crippen molar-refractivity contribution in [1.29, 1.82) is 0 Å². The highest BCUT2D eigenvalue weighted by Crippen LogP contribution is 2.42. The first-order chi connectivity index (χ1) is 16.6. The molecular formula is C23H29F3N4O4S. The molecule has 5 rings (SSSR count). The number of hydrogen-bond acceptors (Lipinski definition) is 6. The van der Waals surface area contributed by atoms with Gasteiger partial charge in [0.1, 0.15) is 0 Å². The minimum absolute atomic E-state index is 0.112. The fourth-order valence-corrected chi connectivity index (χ4v) is 6.08. The van der Waals surface area contributed by atoms with Crippen LogP contribution in [-0.2, 0) is 6.42 Å². The number of urea groups is 1. The van der Waals surface area contributed by atoms with E-state index < -0.39 is 23.2 Å². The molecule has 0 radical (unpaired) electrons. The molecule has 35 heavy (non-hydrogen) atoms. The lowest BCUT2D eigenvalue weighted by atomic mass is 9.84. The van der Waals surface area contributed by atoms with E-state index >= 15 is 0 Å². The second-order valence-electron chi connectivity index (χ2n) is 9.81. The number of carbonyl (C=O) groups is 1. The van der Waals surface area contributed by atoms with Crippen molar-refractivity contribution in [3.05, 3.63) is 47.1 Å². The van der Waals surface area contributed by atoms with Gasteiger partial charge in [0.2, 0.25) is 5.89 Å². The Bertz CT molecular complexity index is 1050. The first-order valence-corrected chi connectivity index (χ1v) is 13.7. The van der Waals surface area contributed by atoms with Crippen molar-refractivity contribution in [2.75, 3.05) is 37.7 Å². The topological polar surface area (TPSA) is 103 Å². The molecular weight excluding hydrogens is 485 g/mol. The lowest BCUT2D eigenvalue weighted by Gasteiger charge is -2.44. The summed E-state index contributed by atoms with van der Waals surface area (Å²) in [6.45, 7) is 1.34. The lowest BCUT2D eigenvalue weighted by Crippen LogP contribution is -2.52. The molecule has 1 aromatic carbocycles. The summed E-state index contributed by atoms with van der Waals surface area (Å²) in [6.07, 6.45) is -2.54. The summed E-state index contributed by atoms with van der Waals surface area (Å²) in [5.41, 5.74) is 1.05. The number of hydrogen-bond donors (Lipinski definition) is 2. The number of alkyl halides is 3. The molecule has 2 unspecified atom stereocenters. The number of carbonyl (C=O) groups excluding carboxylic acids is 1. The van der Waals surface area contributed by atoms with Crippen molar-refractivity contribution in [3.8, 4) is 0 Å². The summed E-state index contributed by atoms with van der Waals surface area (Å²) >= 11 is 0. The maximum atomic E-state index is 13.4. The minimum atomic E-state index is -4.27. The SMILES string of the molecule is O=C(N1CCS(O)(O)CC1)N1CC(c2ccc(CC(F)(F)F)cc2)CC(c2nc(C3CC3)no2)C1. The Balaban J connectivity index is 1.35. The van der Waals surface area contributed by atoms with E-state index in [-0.39, 0.29) is 48.0 Å². The van der Waals surface area contributed by atoms with E-state index in [4.69, 9.17) is 4.52 Å². The molecule has 2 amide bonds. The van der Waals surface area contributed by atoms with Crippen molar-refractivity contribution < 1.29 is 31.6 Å². The van der Waals surface area contributed by atoms with Gasteiger partial charge in [-0.15, -0.1) is 0 Å². The van der Waals surface area contributed by atoms with Gasteiger partial charge in [-0.3, -0.25) is 9.11 Å². The molecule has 2 aromatic rings. The first kappa shape index (κ1) is 24.4. The van der Waals surface area contributed by atoms with Gasteiger partial charge >= 0.3 is 12.2 Å². The third-order valence-electron chi connectivity index (χ3n) is 6.97. The van der Waals surface area contributed by atoms with Gasteiger partial charge in [0.05, 0.1) is 23.8 Å². The number of rotatable bonds is 4. The molecule has 2 N–H and O–H groups in total. The van der Waals surface area contributed by atoms with E-state index in [2.05, 4.69) is 10.1 Å². The summed E-state index contributed by atoms with van der Waals surface area (Å²) in [5.74, 6) is 1.52. The molecule has 1 aromatic heterocycles. The van der Waals surface area contributed by atoms with Crippen LogP contribution in [-0.4, -0.2) is 78.9 Å². The van der Waals surface area contributed by atoms with Crippen LogP contribution in [0.2, 0.25) is 0 Å². The number of aromatic nitrogens is 2. The number of halogens is 3. The molecule has 0 spiro atoms. The number of nitrogens with zero attached hydrogens (tertiary/aromatic N) is 4. The zero-order valence-corrected chi connectivity index (χ0v) is 20.0. The zero-order chi connectivity index (χ0) is 24.8. The summed E-state index contributed by atoms with van der Waals surface area (Å²) < 4.78 is 63.6. The molecule has 8 nitrogen and oxygen atoms in total. The fourth-order valence-electron chi connectivity index (χ4n) is 4.85. The molecule has 2 saturated heterocycles. The second kappa shape index (κ2) is 9.29. The van der Waals surface area contributed by atoms with Crippen LogP contribution < -0.4 is 0 Å². The summed E-state index contributed by atoms with van der Waals surface area (Å²) in [6, 6.07) is 6.20. The van der Waals surface area contributed by atoms with Gasteiger partial charge in [-0.05, 0) is 30.4 Å². The molecule has 3 fully saturated rings. The van der Waals surface area contributed by atoms with Crippen LogP contribution in [0.25, 0.3) is 0 Å². The Labute approximate surface area is 202 Å². The van der Waals surface area contributed by atoms with Crippen molar-refractivity contribution in [1.82, 2.24) is 19.9 Å². The normalized spacial score (nSPS) is 26.0. The predicted molar refractivity (Wildman–Crippen MR) is 124 cm³/mol. The predicted octanol–water partition coefficient (Wildman–Crippen LogP) is 4.81. The van der Waals surface area contributed by atoms with Gasteiger partial charge in [0.15, 0.2) is 5.82 Å². The Morgan fingerprint density at radius 1 is 1.03 bits per heavy atom. The minimum Gasteiger partial charge on any atom is -0.339 e. The summed E-state index contributed by atoms with van der Waals surface area (Å²) in [7, 11) is -2.63. The van der Waals surface area contributed by atoms with Crippen LogP contribution in [0.5, 0.6) is 0 Å². The van der Waals surface area contributed by atoms with E-state index in [1.165, 1.54) is 12.1 Å². The quantitative estimate of drug-likeness (QED) is 0.607. The monoisotopic (exact) mass is 514 g/mol. The maximum absolute atomic E-state index is 13.4. The standard InChI is InChI=1S/C23H29F3N4O4S/c24-23(25,26)12-15-1-3-16(4-2-15)18-11-19(21-27-20(28-34-21)17-5-6-17)14-30(13-18)22(31)29-7-9-35(32,33)10-8-29/h1-4,17-19,32-33H,5-14H2. The summed E-state index contributed by atoms with van der Waals surface area (Å²) in [5, 5.41) is 4.11. The zero-order valence-electron chi connectivity index (χ0n) is 19.2. The van der Waals surface area contributed by atoms with Crippen LogP contribution in [0, 0.1) is 0 Å². The molecule has 192 valence electrons. The Kier molecular flexibility index (Phi) is 6.47. The Morgan fingerprint density at radius 2 is 1.69 bits per heavy atom. The van der Waals surface area contributed by atoms with Gasteiger partial charge in [-0.25, -0.2) is 4.79 Å². The van der Waals surface area contributed by atoms with E-state index in [0.717, 1.165) is 18.4 Å². The fraction of sp³-hybridized carbons (Fsp3) is 0.609. The largest absolute Gasteiger partial charge is 0.393 e. The highest BCUT2D eigenvalue weighted by Gasteiger charge is 2.38. The van der Waals surface area contributed by atoms with E-state index in [0.29, 0.717) is 37.1 Å². The van der Waals surface area contributed by atoms with Crippen LogP contribution >= 0.6 is 10.6 Å². The molecule has 12 heteroatoms. The van der Waals surface area contributed by atoms with Crippen LogP contribution in [0.1, 0.15) is 59.9 Å².